The van der Waals surface area contributed by atoms with Crippen LogP contribution in [-0.2, 0) is 15.1 Å². The van der Waals surface area contributed by atoms with Crippen LogP contribution in [0.4, 0.5) is 16.2 Å². The lowest BCUT2D eigenvalue weighted by Gasteiger charge is -2.22. The molecule has 4 amide bonds. The van der Waals surface area contributed by atoms with Crippen LogP contribution >= 0.6 is 0 Å². The van der Waals surface area contributed by atoms with E-state index in [1.54, 1.807) is 18.2 Å². The van der Waals surface area contributed by atoms with Gasteiger partial charge in [-0.2, -0.15) is 0 Å². The summed E-state index contributed by atoms with van der Waals surface area (Å²) in [7, 11) is 0. The molecular weight excluding hydrogens is 396 g/mol. The molecule has 2 N–H and O–H groups in total. The Morgan fingerprint density at radius 1 is 1.23 bits per heavy atom. The summed E-state index contributed by atoms with van der Waals surface area (Å²) in [5.74, 6) is -0.407. The molecule has 1 fully saturated rings. The van der Waals surface area contributed by atoms with Gasteiger partial charge in [0.1, 0.15) is 17.8 Å². The lowest BCUT2D eigenvalue weighted by molar-refractivity contribution is -0.383. The fourth-order valence-electron chi connectivity index (χ4n) is 3.32. The molecule has 1 saturated heterocycles. The van der Waals surface area contributed by atoms with Gasteiger partial charge < -0.3 is 20.1 Å². The van der Waals surface area contributed by atoms with Gasteiger partial charge in [-0.15, -0.1) is 0 Å². The number of para-hydroxylation sites is 2. The lowest BCUT2D eigenvalue weighted by Crippen LogP contribution is -2.42. The molecule has 2 aliphatic rings. The number of anilines is 1. The molecule has 0 aliphatic carbocycles. The molecule has 0 aromatic heterocycles. The topological polar surface area (TPSA) is 140 Å². The maximum absolute atomic E-state index is 13.0. The van der Waals surface area contributed by atoms with Crippen LogP contribution in [-0.4, -0.2) is 41.0 Å². The van der Waals surface area contributed by atoms with E-state index in [1.807, 2.05) is 0 Å². The largest absolute Gasteiger partial charge is 0.454 e. The second-order valence-electron chi connectivity index (χ2n) is 6.84. The average Bonchev–Trinajstić information content (AvgIpc) is 3.26. The lowest BCUT2D eigenvalue weighted by atomic mass is 9.91. The Morgan fingerprint density at radius 3 is 2.73 bits per heavy atom. The van der Waals surface area contributed by atoms with Crippen LogP contribution < -0.4 is 20.1 Å². The van der Waals surface area contributed by atoms with Crippen molar-refractivity contribution in [1.82, 2.24) is 10.2 Å². The third-order valence-electron chi connectivity index (χ3n) is 4.90. The summed E-state index contributed by atoms with van der Waals surface area (Å²) in [5.41, 5.74) is -1.27. The van der Waals surface area contributed by atoms with Crippen LogP contribution in [0.3, 0.4) is 0 Å². The first-order valence-electron chi connectivity index (χ1n) is 8.87. The fourth-order valence-corrected chi connectivity index (χ4v) is 3.32. The van der Waals surface area contributed by atoms with Crippen molar-refractivity contribution in [2.24, 2.45) is 0 Å². The molecular formula is C19H16N4O7. The summed E-state index contributed by atoms with van der Waals surface area (Å²) in [6.45, 7) is 0.981. The number of amides is 4. The number of nitro benzene ring substituents is 1. The summed E-state index contributed by atoms with van der Waals surface area (Å²) in [5, 5.41) is 16.0. The van der Waals surface area contributed by atoms with Crippen molar-refractivity contribution >= 4 is 29.2 Å². The first-order chi connectivity index (χ1) is 14.3. The maximum Gasteiger partial charge on any atom is 0.325 e. The number of hydrogen-bond donors (Lipinski definition) is 2. The Bertz CT molecular complexity index is 1090. The molecule has 154 valence electrons. The van der Waals surface area contributed by atoms with E-state index in [-0.39, 0.29) is 18.2 Å². The first kappa shape index (κ1) is 19.2. The van der Waals surface area contributed by atoms with Gasteiger partial charge in [0, 0.05) is 6.07 Å². The van der Waals surface area contributed by atoms with Crippen LogP contribution in [0.15, 0.2) is 42.5 Å². The third kappa shape index (κ3) is 3.15. The molecule has 11 heteroatoms. The SMILES string of the molecule is C[C@@]1(c2ccc3c(c2)OCO3)NC(=O)N(CC(=O)Nc2ccccc2[N+](=O)[O-])C1=O. The molecule has 2 aromatic rings. The van der Waals surface area contributed by atoms with Crippen LogP contribution in [0.1, 0.15) is 12.5 Å². The summed E-state index contributed by atoms with van der Waals surface area (Å²) >= 11 is 0. The number of nitro groups is 1. The van der Waals surface area contributed by atoms with E-state index in [2.05, 4.69) is 10.6 Å². The van der Waals surface area contributed by atoms with E-state index in [9.17, 15) is 24.5 Å². The van der Waals surface area contributed by atoms with Gasteiger partial charge in [-0.05, 0) is 30.7 Å². The number of hydrogen-bond acceptors (Lipinski definition) is 7. The standard InChI is InChI=1S/C19H16N4O7/c1-19(11-6-7-14-15(8-11)30-10-29-14)17(25)22(18(26)21-19)9-16(24)20-12-4-2-3-5-13(12)23(27)28/h2-8H,9-10H2,1H3,(H,20,24)(H,21,26)/t19-/m0/s1. The van der Waals surface area contributed by atoms with E-state index in [0.717, 1.165) is 4.90 Å². The number of urea groups is 1. The van der Waals surface area contributed by atoms with Gasteiger partial charge >= 0.3 is 6.03 Å². The number of carbonyl (C=O) groups is 3. The molecule has 30 heavy (non-hydrogen) atoms. The molecule has 0 saturated carbocycles. The van der Waals surface area contributed by atoms with Crippen molar-refractivity contribution in [3.05, 3.63) is 58.1 Å². The highest BCUT2D eigenvalue weighted by Gasteiger charge is 2.50. The minimum atomic E-state index is -1.41. The second-order valence-corrected chi connectivity index (χ2v) is 6.84. The van der Waals surface area contributed by atoms with Crippen LogP contribution in [0.5, 0.6) is 11.5 Å². The number of fused-ring (bicyclic) bond motifs is 1. The van der Waals surface area contributed by atoms with E-state index < -0.39 is 34.9 Å². The van der Waals surface area contributed by atoms with E-state index >= 15 is 0 Å². The van der Waals surface area contributed by atoms with Gasteiger partial charge in [-0.25, -0.2) is 4.79 Å². The normalized spacial score (nSPS) is 19.6. The quantitative estimate of drug-likeness (QED) is 0.433. The van der Waals surface area contributed by atoms with Crippen molar-refractivity contribution in [1.29, 1.82) is 0 Å². The number of benzene rings is 2. The maximum atomic E-state index is 13.0. The zero-order valence-corrected chi connectivity index (χ0v) is 15.7. The molecule has 2 aromatic carbocycles. The highest BCUT2D eigenvalue weighted by Crippen LogP contribution is 2.37. The predicted octanol–water partition coefficient (Wildman–Crippen LogP) is 1.73. The molecule has 2 heterocycles. The highest BCUT2D eigenvalue weighted by molar-refractivity contribution is 6.10. The minimum absolute atomic E-state index is 0.0295. The number of nitrogens with one attached hydrogen (secondary N) is 2. The number of ether oxygens (including phenoxy) is 2. The van der Waals surface area contributed by atoms with Gasteiger partial charge in [-0.1, -0.05) is 18.2 Å². The van der Waals surface area contributed by atoms with Crippen LogP contribution in [0.25, 0.3) is 0 Å². The van der Waals surface area contributed by atoms with E-state index in [4.69, 9.17) is 9.47 Å². The predicted molar refractivity (Wildman–Crippen MR) is 102 cm³/mol. The summed E-state index contributed by atoms with van der Waals surface area (Å²) in [6.07, 6.45) is 0. The smallest absolute Gasteiger partial charge is 0.325 e. The van der Waals surface area contributed by atoms with Crippen LogP contribution in [0.2, 0.25) is 0 Å². The second kappa shape index (κ2) is 7.03. The van der Waals surface area contributed by atoms with E-state index in [1.165, 1.54) is 31.2 Å². The summed E-state index contributed by atoms with van der Waals surface area (Å²) < 4.78 is 10.6. The number of carbonyl (C=O) groups excluding carboxylic acids is 3. The molecule has 0 radical (unpaired) electrons. The number of nitrogens with zero attached hydrogens (tertiary/aromatic N) is 2. The summed E-state index contributed by atoms with van der Waals surface area (Å²) in [6, 6.07) is 9.68. The molecule has 0 bridgehead atoms. The van der Waals surface area contributed by atoms with Crippen molar-refractivity contribution < 1.29 is 28.8 Å². The molecule has 1 atom stereocenters. The zero-order valence-electron chi connectivity index (χ0n) is 15.7. The van der Waals surface area contributed by atoms with Crippen molar-refractivity contribution in [3.63, 3.8) is 0 Å². The van der Waals surface area contributed by atoms with Gasteiger partial charge in [0.05, 0.1) is 4.92 Å². The Kier molecular flexibility index (Phi) is 4.49. The molecule has 4 rings (SSSR count). The number of rotatable bonds is 5. The van der Waals surface area contributed by atoms with Crippen molar-refractivity contribution in [2.75, 3.05) is 18.7 Å². The van der Waals surface area contributed by atoms with Crippen molar-refractivity contribution in [2.45, 2.75) is 12.5 Å². The Morgan fingerprint density at radius 2 is 1.97 bits per heavy atom. The molecule has 2 aliphatic heterocycles. The highest BCUT2D eigenvalue weighted by atomic mass is 16.7. The first-order valence-corrected chi connectivity index (χ1v) is 8.87. The third-order valence-corrected chi connectivity index (χ3v) is 4.90. The molecule has 11 nitrogen and oxygen atoms in total. The van der Waals surface area contributed by atoms with Gasteiger partial charge in [0.2, 0.25) is 12.7 Å². The van der Waals surface area contributed by atoms with E-state index in [0.29, 0.717) is 17.1 Å². The number of imide groups is 1. The van der Waals surface area contributed by atoms with Crippen molar-refractivity contribution in [3.8, 4) is 11.5 Å². The fraction of sp³-hybridized carbons (Fsp3) is 0.211. The van der Waals surface area contributed by atoms with Gasteiger partial charge in [-0.3, -0.25) is 24.6 Å². The monoisotopic (exact) mass is 412 g/mol. The van der Waals surface area contributed by atoms with Crippen LogP contribution in [0, 0.1) is 10.1 Å². The van der Waals surface area contributed by atoms with Gasteiger partial charge in [0.15, 0.2) is 11.5 Å². The Labute approximate surface area is 169 Å². The summed E-state index contributed by atoms with van der Waals surface area (Å²) in [4.78, 5) is 49.0. The average molecular weight is 412 g/mol. The Hall–Kier alpha value is -4.15. The molecule has 0 unspecified atom stereocenters. The molecule has 0 spiro atoms. The minimum Gasteiger partial charge on any atom is -0.454 e. The zero-order chi connectivity index (χ0) is 21.5. The van der Waals surface area contributed by atoms with Gasteiger partial charge in [0.25, 0.3) is 11.6 Å². The Balaban J connectivity index is 1.52.